The number of benzene rings is 1. The molecule has 1 saturated heterocycles. The smallest absolute Gasteiger partial charge is 0.101 e. The summed E-state index contributed by atoms with van der Waals surface area (Å²) in [5, 5.41) is 22.7. The van der Waals surface area contributed by atoms with Crippen molar-refractivity contribution in [3.8, 4) is 6.07 Å². The number of para-hydroxylation sites is 1. The highest BCUT2D eigenvalue weighted by Gasteiger charge is 2.30. The Balaban J connectivity index is 2.37. The summed E-state index contributed by atoms with van der Waals surface area (Å²) in [4.78, 5) is 2.11. The molecule has 0 radical (unpaired) electrons. The number of anilines is 1. The fourth-order valence-electron chi connectivity index (χ4n) is 2.38. The van der Waals surface area contributed by atoms with E-state index in [2.05, 4.69) is 23.2 Å². The summed E-state index contributed by atoms with van der Waals surface area (Å²) < 4.78 is 0. The van der Waals surface area contributed by atoms with Crippen molar-refractivity contribution in [1.82, 2.24) is 5.32 Å². The van der Waals surface area contributed by atoms with Gasteiger partial charge in [-0.05, 0) is 26.0 Å². The number of β-amino-alcohol motifs (C(OH)–C–C–N with tert-alkyl or cyclic N) is 1. The third-order valence-corrected chi connectivity index (χ3v) is 3.32. The van der Waals surface area contributed by atoms with Crippen molar-refractivity contribution in [3.63, 3.8) is 0 Å². The van der Waals surface area contributed by atoms with Crippen LogP contribution in [0.25, 0.3) is 0 Å². The number of nitriles is 1. The standard InChI is InChI=1S/C14H19N3O/c1-11-8-16-9-14(2,18)10-17(11)13-6-4-3-5-12(13)7-15/h3-6,11,16,18H,8-10H2,1-2H3. The number of nitrogens with one attached hydrogen (secondary N) is 1. The van der Waals surface area contributed by atoms with Crippen molar-refractivity contribution in [2.45, 2.75) is 25.5 Å². The Morgan fingerprint density at radius 1 is 1.50 bits per heavy atom. The zero-order valence-electron chi connectivity index (χ0n) is 10.8. The Kier molecular flexibility index (Phi) is 3.55. The summed E-state index contributed by atoms with van der Waals surface area (Å²) >= 11 is 0. The molecule has 0 aliphatic carbocycles. The zero-order chi connectivity index (χ0) is 13.2. The van der Waals surface area contributed by atoms with E-state index in [-0.39, 0.29) is 6.04 Å². The van der Waals surface area contributed by atoms with Crippen molar-refractivity contribution in [2.24, 2.45) is 0 Å². The second-order valence-corrected chi connectivity index (χ2v) is 5.23. The lowest BCUT2D eigenvalue weighted by atomic mass is 10.1. The molecule has 0 aromatic heterocycles. The Morgan fingerprint density at radius 2 is 2.22 bits per heavy atom. The van der Waals surface area contributed by atoms with Gasteiger partial charge in [-0.1, -0.05) is 12.1 Å². The first kappa shape index (κ1) is 12.9. The zero-order valence-corrected chi connectivity index (χ0v) is 10.8. The summed E-state index contributed by atoms with van der Waals surface area (Å²) in [5.41, 5.74) is 0.770. The van der Waals surface area contributed by atoms with Crippen molar-refractivity contribution in [3.05, 3.63) is 29.8 Å². The monoisotopic (exact) mass is 245 g/mol. The Morgan fingerprint density at radius 3 is 2.94 bits per heavy atom. The van der Waals surface area contributed by atoms with Gasteiger partial charge in [-0.25, -0.2) is 0 Å². The molecule has 96 valence electrons. The molecule has 0 spiro atoms. The molecular weight excluding hydrogens is 226 g/mol. The van der Waals surface area contributed by atoms with Crippen LogP contribution in [0.1, 0.15) is 19.4 Å². The maximum atomic E-state index is 10.3. The quantitative estimate of drug-likeness (QED) is 0.778. The van der Waals surface area contributed by atoms with Gasteiger partial charge in [-0.3, -0.25) is 0 Å². The van der Waals surface area contributed by atoms with Crippen molar-refractivity contribution in [1.29, 1.82) is 5.26 Å². The minimum absolute atomic E-state index is 0.244. The topological polar surface area (TPSA) is 59.3 Å². The number of rotatable bonds is 1. The predicted octanol–water partition coefficient (Wildman–Crippen LogP) is 1.11. The molecule has 1 fully saturated rings. The number of hydrogen-bond acceptors (Lipinski definition) is 4. The average Bonchev–Trinajstić information content (AvgIpc) is 2.48. The van der Waals surface area contributed by atoms with Gasteiger partial charge in [0.15, 0.2) is 0 Å². The first-order chi connectivity index (χ1) is 8.53. The summed E-state index contributed by atoms with van der Waals surface area (Å²) in [6, 6.07) is 10.0. The lowest BCUT2D eigenvalue weighted by Crippen LogP contribution is -2.45. The SMILES string of the molecule is CC1CNCC(C)(O)CN1c1ccccc1C#N. The third-order valence-electron chi connectivity index (χ3n) is 3.32. The van der Waals surface area contributed by atoms with E-state index in [1.807, 2.05) is 31.2 Å². The van der Waals surface area contributed by atoms with Gasteiger partial charge in [0.05, 0.1) is 16.9 Å². The summed E-state index contributed by atoms with van der Waals surface area (Å²) in [6.07, 6.45) is 0. The van der Waals surface area contributed by atoms with E-state index in [1.54, 1.807) is 0 Å². The number of aliphatic hydroxyl groups is 1. The van der Waals surface area contributed by atoms with Gasteiger partial charge in [-0.2, -0.15) is 5.26 Å². The minimum atomic E-state index is -0.784. The van der Waals surface area contributed by atoms with Gasteiger partial charge in [0.25, 0.3) is 0 Å². The molecule has 4 heteroatoms. The van der Waals surface area contributed by atoms with Gasteiger partial charge in [0.1, 0.15) is 6.07 Å². The molecule has 18 heavy (non-hydrogen) atoms. The van der Waals surface area contributed by atoms with Gasteiger partial charge in [0, 0.05) is 25.7 Å². The van der Waals surface area contributed by atoms with Crippen LogP contribution in [0, 0.1) is 11.3 Å². The van der Waals surface area contributed by atoms with Crippen LogP contribution in [0.5, 0.6) is 0 Å². The highest BCUT2D eigenvalue weighted by Crippen LogP contribution is 2.25. The van der Waals surface area contributed by atoms with Crippen LogP contribution < -0.4 is 10.2 Å². The largest absolute Gasteiger partial charge is 0.387 e. The highest BCUT2D eigenvalue weighted by atomic mass is 16.3. The lowest BCUT2D eigenvalue weighted by molar-refractivity contribution is 0.0726. The van der Waals surface area contributed by atoms with Crippen LogP contribution in [0.3, 0.4) is 0 Å². The molecule has 1 aliphatic rings. The maximum absolute atomic E-state index is 10.3. The van der Waals surface area contributed by atoms with Gasteiger partial charge < -0.3 is 15.3 Å². The molecule has 2 N–H and O–H groups in total. The lowest BCUT2D eigenvalue weighted by Gasteiger charge is -2.33. The van der Waals surface area contributed by atoms with Crippen LogP contribution in [0.4, 0.5) is 5.69 Å². The Labute approximate surface area is 108 Å². The molecular formula is C14H19N3O. The molecule has 2 rings (SSSR count). The van der Waals surface area contributed by atoms with Crippen molar-refractivity contribution in [2.75, 3.05) is 24.5 Å². The molecule has 1 aliphatic heterocycles. The van der Waals surface area contributed by atoms with E-state index in [9.17, 15) is 10.4 Å². The molecule has 2 unspecified atom stereocenters. The van der Waals surface area contributed by atoms with E-state index in [1.165, 1.54) is 0 Å². The summed E-state index contributed by atoms with van der Waals surface area (Å²) in [6.45, 7) is 5.82. The highest BCUT2D eigenvalue weighted by molar-refractivity contribution is 5.60. The Bertz CT molecular complexity index is 464. The molecule has 1 aromatic rings. The maximum Gasteiger partial charge on any atom is 0.101 e. The van der Waals surface area contributed by atoms with Gasteiger partial charge >= 0.3 is 0 Å². The van der Waals surface area contributed by atoms with E-state index >= 15 is 0 Å². The summed E-state index contributed by atoms with van der Waals surface area (Å²) in [5.74, 6) is 0. The van der Waals surface area contributed by atoms with E-state index in [4.69, 9.17) is 0 Å². The van der Waals surface area contributed by atoms with Gasteiger partial charge in [-0.15, -0.1) is 0 Å². The van der Waals surface area contributed by atoms with E-state index in [0.717, 1.165) is 12.2 Å². The van der Waals surface area contributed by atoms with E-state index in [0.29, 0.717) is 18.7 Å². The third kappa shape index (κ3) is 2.63. The number of hydrogen-bond donors (Lipinski definition) is 2. The first-order valence-corrected chi connectivity index (χ1v) is 6.22. The first-order valence-electron chi connectivity index (χ1n) is 6.22. The number of nitrogens with zero attached hydrogens (tertiary/aromatic N) is 2. The second-order valence-electron chi connectivity index (χ2n) is 5.23. The fraction of sp³-hybridized carbons (Fsp3) is 0.500. The van der Waals surface area contributed by atoms with Crippen LogP contribution in [0.2, 0.25) is 0 Å². The predicted molar refractivity (Wildman–Crippen MR) is 71.5 cm³/mol. The Hall–Kier alpha value is -1.57. The molecule has 0 saturated carbocycles. The van der Waals surface area contributed by atoms with Crippen LogP contribution in [-0.2, 0) is 0 Å². The fourth-order valence-corrected chi connectivity index (χ4v) is 2.38. The molecule has 0 amide bonds. The molecule has 1 heterocycles. The molecule has 2 atom stereocenters. The molecule has 0 bridgehead atoms. The average molecular weight is 245 g/mol. The molecule has 4 nitrogen and oxygen atoms in total. The second kappa shape index (κ2) is 4.97. The molecule has 1 aromatic carbocycles. The van der Waals surface area contributed by atoms with Crippen LogP contribution in [-0.4, -0.2) is 36.4 Å². The van der Waals surface area contributed by atoms with Gasteiger partial charge in [0.2, 0.25) is 0 Å². The summed E-state index contributed by atoms with van der Waals surface area (Å²) in [7, 11) is 0. The van der Waals surface area contributed by atoms with Crippen LogP contribution >= 0.6 is 0 Å². The van der Waals surface area contributed by atoms with Crippen LogP contribution in [0.15, 0.2) is 24.3 Å². The van der Waals surface area contributed by atoms with Crippen molar-refractivity contribution < 1.29 is 5.11 Å². The van der Waals surface area contributed by atoms with E-state index < -0.39 is 5.60 Å². The normalized spacial score (nSPS) is 28.6. The minimum Gasteiger partial charge on any atom is -0.387 e. The van der Waals surface area contributed by atoms with Crippen molar-refractivity contribution >= 4 is 5.69 Å².